The van der Waals surface area contributed by atoms with Gasteiger partial charge in [0.2, 0.25) is 5.01 Å². The third-order valence-corrected chi connectivity index (χ3v) is 5.63. The first-order valence-electron chi connectivity index (χ1n) is 7.75. The van der Waals surface area contributed by atoms with Crippen molar-refractivity contribution in [3.05, 3.63) is 75.2 Å². The van der Waals surface area contributed by atoms with Gasteiger partial charge in [0.25, 0.3) is 5.91 Å². The van der Waals surface area contributed by atoms with Gasteiger partial charge in [-0.05, 0) is 30.7 Å². The molecule has 0 saturated heterocycles. The van der Waals surface area contributed by atoms with E-state index in [1.54, 1.807) is 0 Å². The van der Waals surface area contributed by atoms with Crippen LogP contribution in [0.25, 0.3) is 0 Å². The molecule has 0 spiro atoms. The maximum Gasteiger partial charge on any atom is 0.282 e. The fraction of sp³-hybridized carbons (Fsp3) is 0.167. The van der Waals surface area contributed by atoms with Crippen molar-refractivity contribution < 1.29 is 13.6 Å². The number of nitrogens with zero attached hydrogens (tertiary/aromatic N) is 2. The third kappa shape index (κ3) is 4.86. The first-order chi connectivity index (χ1) is 12.5. The van der Waals surface area contributed by atoms with Gasteiger partial charge in [-0.1, -0.05) is 41.2 Å². The van der Waals surface area contributed by atoms with Crippen LogP contribution in [-0.4, -0.2) is 16.1 Å². The smallest absolute Gasteiger partial charge is 0.282 e. The van der Waals surface area contributed by atoms with Crippen molar-refractivity contribution in [2.75, 3.05) is 0 Å². The molecule has 0 saturated carbocycles. The molecule has 1 aromatic heterocycles. The highest BCUT2D eigenvalue weighted by Gasteiger charge is 2.13. The Balaban J connectivity index is 1.55. The SMILES string of the molecule is Cc1ccc(CNC(=O)c2nnc(CSc3cc(F)ccc3F)s2)cc1. The average molecular weight is 391 g/mol. The number of thioether (sulfide) groups is 1. The molecule has 8 heteroatoms. The van der Waals surface area contributed by atoms with Gasteiger partial charge in [-0.15, -0.1) is 22.0 Å². The van der Waals surface area contributed by atoms with E-state index in [1.165, 1.54) is 0 Å². The lowest BCUT2D eigenvalue weighted by Crippen LogP contribution is -2.22. The molecule has 3 rings (SSSR count). The van der Waals surface area contributed by atoms with Crippen LogP contribution in [0.3, 0.4) is 0 Å². The van der Waals surface area contributed by atoms with Crippen LogP contribution < -0.4 is 5.32 Å². The van der Waals surface area contributed by atoms with Gasteiger partial charge in [-0.3, -0.25) is 4.79 Å². The molecule has 3 aromatic rings. The number of aryl methyl sites for hydroxylation is 1. The molecule has 0 radical (unpaired) electrons. The van der Waals surface area contributed by atoms with E-state index in [4.69, 9.17) is 0 Å². The van der Waals surface area contributed by atoms with Crippen LogP contribution >= 0.6 is 23.1 Å². The van der Waals surface area contributed by atoms with Gasteiger partial charge in [0.15, 0.2) is 0 Å². The Bertz CT molecular complexity index is 913. The molecule has 0 bridgehead atoms. The number of rotatable bonds is 6. The third-order valence-electron chi connectivity index (χ3n) is 3.48. The summed E-state index contributed by atoms with van der Waals surface area (Å²) in [5.41, 5.74) is 2.15. The Kier molecular flexibility index (Phi) is 5.95. The number of carbonyl (C=O) groups is 1. The molecule has 4 nitrogen and oxygen atoms in total. The number of carbonyl (C=O) groups excluding carboxylic acids is 1. The summed E-state index contributed by atoms with van der Waals surface area (Å²) in [6, 6.07) is 11.1. The maximum absolute atomic E-state index is 13.6. The van der Waals surface area contributed by atoms with Gasteiger partial charge >= 0.3 is 0 Å². The Morgan fingerprint density at radius 2 is 1.92 bits per heavy atom. The Hall–Kier alpha value is -2.32. The van der Waals surface area contributed by atoms with Gasteiger partial charge in [0.1, 0.15) is 16.6 Å². The molecule has 134 valence electrons. The minimum Gasteiger partial charge on any atom is -0.346 e. The monoisotopic (exact) mass is 391 g/mol. The van der Waals surface area contributed by atoms with Crippen molar-refractivity contribution in [3.63, 3.8) is 0 Å². The maximum atomic E-state index is 13.6. The molecule has 0 aliphatic rings. The zero-order valence-corrected chi connectivity index (χ0v) is 15.5. The molecular weight excluding hydrogens is 376 g/mol. The van der Waals surface area contributed by atoms with Gasteiger partial charge in [-0.2, -0.15) is 0 Å². The number of aromatic nitrogens is 2. The first kappa shape index (κ1) is 18.5. The summed E-state index contributed by atoms with van der Waals surface area (Å²) in [6.45, 7) is 2.40. The predicted molar refractivity (Wildman–Crippen MR) is 98.2 cm³/mol. The average Bonchev–Trinajstić information content (AvgIpc) is 3.11. The van der Waals surface area contributed by atoms with Crippen LogP contribution in [0.4, 0.5) is 8.78 Å². The minimum absolute atomic E-state index is 0.200. The van der Waals surface area contributed by atoms with Gasteiger partial charge in [0, 0.05) is 11.4 Å². The summed E-state index contributed by atoms with van der Waals surface area (Å²) in [4.78, 5) is 12.4. The molecule has 0 atom stereocenters. The molecule has 0 fully saturated rings. The van der Waals surface area contributed by atoms with Crippen molar-refractivity contribution in [2.24, 2.45) is 0 Å². The summed E-state index contributed by atoms with van der Waals surface area (Å²) in [6.07, 6.45) is 0. The minimum atomic E-state index is -0.498. The predicted octanol–water partition coefficient (Wildman–Crippen LogP) is 4.35. The molecule has 0 aliphatic heterocycles. The molecule has 26 heavy (non-hydrogen) atoms. The van der Waals surface area contributed by atoms with E-state index < -0.39 is 11.6 Å². The summed E-state index contributed by atoms with van der Waals surface area (Å²) in [5.74, 6) is -0.987. The van der Waals surface area contributed by atoms with E-state index in [2.05, 4.69) is 15.5 Å². The number of hydrogen-bond acceptors (Lipinski definition) is 5. The van der Waals surface area contributed by atoms with Crippen molar-refractivity contribution in [1.82, 2.24) is 15.5 Å². The highest BCUT2D eigenvalue weighted by molar-refractivity contribution is 7.98. The van der Waals surface area contributed by atoms with E-state index in [0.717, 1.165) is 52.4 Å². The van der Waals surface area contributed by atoms with Gasteiger partial charge < -0.3 is 5.32 Å². The van der Waals surface area contributed by atoms with E-state index in [0.29, 0.717) is 17.3 Å². The van der Waals surface area contributed by atoms with Gasteiger partial charge in [-0.25, -0.2) is 8.78 Å². The van der Waals surface area contributed by atoms with E-state index in [9.17, 15) is 13.6 Å². The van der Waals surface area contributed by atoms with E-state index in [1.807, 2.05) is 31.2 Å². The Labute approximate surface area is 157 Å². The second-order valence-electron chi connectivity index (χ2n) is 5.53. The van der Waals surface area contributed by atoms with E-state index in [-0.39, 0.29) is 15.8 Å². The molecule has 2 aromatic carbocycles. The normalized spacial score (nSPS) is 10.7. The van der Waals surface area contributed by atoms with Crippen LogP contribution in [0.5, 0.6) is 0 Å². The van der Waals surface area contributed by atoms with Crippen LogP contribution in [-0.2, 0) is 12.3 Å². The van der Waals surface area contributed by atoms with Crippen molar-refractivity contribution in [2.45, 2.75) is 24.1 Å². The van der Waals surface area contributed by atoms with Crippen LogP contribution in [0, 0.1) is 18.6 Å². The number of benzene rings is 2. The number of halogens is 2. The van der Waals surface area contributed by atoms with Crippen molar-refractivity contribution in [3.8, 4) is 0 Å². The first-order valence-corrected chi connectivity index (χ1v) is 9.55. The van der Waals surface area contributed by atoms with Gasteiger partial charge in [0.05, 0.1) is 5.75 Å². The van der Waals surface area contributed by atoms with Crippen molar-refractivity contribution >= 4 is 29.0 Å². The molecule has 1 amide bonds. The van der Waals surface area contributed by atoms with Crippen LogP contribution in [0.1, 0.15) is 25.9 Å². The summed E-state index contributed by atoms with van der Waals surface area (Å²) >= 11 is 2.25. The van der Waals surface area contributed by atoms with Crippen LogP contribution in [0.15, 0.2) is 47.4 Å². The van der Waals surface area contributed by atoms with E-state index >= 15 is 0 Å². The second-order valence-corrected chi connectivity index (χ2v) is 7.61. The second kappa shape index (κ2) is 8.37. The summed E-state index contributed by atoms with van der Waals surface area (Å²) < 4.78 is 26.8. The zero-order valence-electron chi connectivity index (χ0n) is 13.8. The zero-order chi connectivity index (χ0) is 18.5. The quantitative estimate of drug-likeness (QED) is 0.635. The number of hydrogen-bond donors (Lipinski definition) is 1. The largest absolute Gasteiger partial charge is 0.346 e. The number of amides is 1. The Morgan fingerprint density at radius 1 is 1.15 bits per heavy atom. The summed E-state index contributed by atoms with van der Waals surface area (Å²) in [7, 11) is 0. The molecule has 1 N–H and O–H groups in total. The molecule has 0 aliphatic carbocycles. The summed E-state index contributed by atoms with van der Waals surface area (Å²) in [5, 5.41) is 11.4. The van der Waals surface area contributed by atoms with Crippen molar-refractivity contribution in [1.29, 1.82) is 0 Å². The lowest BCUT2D eigenvalue weighted by atomic mass is 10.1. The standard InChI is InChI=1S/C18H15F2N3OS2/c1-11-2-4-12(5-3-11)9-21-17(24)18-23-22-16(26-18)10-25-15-8-13(19)6-7-14(15)20/h2-8H,9-10H2,1H3,(H,21,24). The molecule has 1 heterocycles. The fourth-order valence-electron chi connectivity index (χ4n) is 2.09. The lowest BCUT2D eigenvalue weighted by Gasteiger charge is -2.03. The molecule has 0 unspecified atom stereocenters. The van der Waals surface area contributed by atoms with Crippen LogP contribution in [0.2, 0.25) is 0 Å². The highest BCUT2D eigenvalue weighted by atomic mass is 32.2. The molecular formula is C18H15F2N3OS2. The number of nitrogens with one attached hydrogen (secondary N) is 1. The topological polar surface area (TPSA) is 54.9 Å². The lowest BCUT2D eigenvalue weighted by molar-refractivity contribution is 0.0950. The highest BCUT2D eigenvalue weighted by Crippen LogP contribution is 2.27. The Morgan fingerprint density at radius 3 is 2.69 bits per heavy atom. The fourth-order valence-corrected chi connectivity index (χ4v) is 3.80.